The molecule has 1 aromatic rings. The van der Waals surface area contributed by atoms with Gasteiger partial charge in [0.1, 0.15) is 0 Å². The summed E-state index contributed by atoms with van der Waals surface area (Å²) in [5.41, 5.74) is 5.81. The highest BCUT2D eigenvalue weighted by molar-refractivity contribution is 5.92. The molecule has 1 atom stereocenters. The number of hydrogen-bond donors (Lipinski definition) is 1. The van der Waals surface area contributed by atoms with E-state index in [0.717, 1.165) is 18.5 Å². The maximum absolute atomic E-state index is 12.5. The van der Waals surface area contributed by atoms with E-state index in [2.05, 4.69) is 10.2 Å². The van der Waals surface area contributed by atoms with Crippen LogP contribution in [0.3, 0.4) is 0 Å². The Labute approximate surface area is 129 Å². The maximum atomic E-state index is 12.5. The van der Waals surface area contributed by atoms with E-state index >= 15 is 0 Å². The Morgan fingerprint density at radius 1 is 1.41 bits per heavy atom. The van der Waals surface area contributed by atoms with E-state index in [1.807, 2.05) is 6.92 Å². The average molecular weight is 306 g/mol. The number of aryl methyl sites for hydroxylation is 1. The Kier molecular flexibility index (Phi) is 5.07. The van der Waals surface area contributed by atoms with Gasteiger partial charge in [-0.1, -0.05) is 0 Å². The molecule has 0 aliphatic carbocycles. The number of likely N-dealkylation sites (tertiary alicyclic amines) is 1. The lowest BCUT2D eigenvalue weighted by Gasteiger charge is -2.41. The first kappa shape index (κ1) is 16.4. The zero-order chi connectivity index (χ0) is 16.2. The average Bonchev–Trinajstić information content (AvgIpc) is 2.53. The summed E-state index contributed by atoms with van der Waals surface area (Å²) >= 11 is 0. The summed E-state index contributed by atoms with van der Waals surface area (Å²) in [6, 6.07) is 3.44. The molecule has 22 heavy (non-hydrogen) atoms. The topological polar surface area (TPSA) is 98.4 Å². The summed E-state index contributed by atoms with van der Waals surface area (Å²) in [6.45, 7) is 2.91. The van der Waals surface area contributed by atoms with Crippen LogP contribution in [0.4, 0.5) is 0 Å². The first-order valence-corrected chi connectivity index (χ1v) is 7.39. The molecule has 2 amide bonds. The largest absolute Gasteiger partial charge is 0.376 e. The first-order valence-electron chi connectivity index (χ1n) is 7.39. The van der Waals surface area contributed by atoms with Crippen LogP contribution in [0.1, 0.15) is 41.9 Å². The third-order valence-corrected chi connectivity index (χ3v) is 4.10. The minimum absolute atomic E-state index is 0.160. The molecule has 7 nitrogen and oxygen atoms in total. The fourth-order valence-electron chi connectivity index (χ4n) is 2.77. The van der Waals surface area contributed by atoms with Crippen molar-refractivity contribution in [3.63, 3.8) is 0 Å². The summed E-state index contributed by atoms with van der Waals surface area (Å²) in [6.07, 6.45) is 2.39. The van der Waals surface area contributed by atoms with Crippen molar-refractivity contribution >= 4 is 11.8 Å². The van der Waals surface area contributed by atoms with Gasteiger partial charge < -0.3 is 15.4 Å². The predicted molar refractivity (Wildman–Crippen MR) is 80.1 cm³/mol. The van der Waals surface area contributed by atoms with Crippen LogP contribution < -0.4 is 5.73 Å². The van der Waals surface area contributed by atoms with Gasteiger partial charge in [0.2, 0.25) is 5.91 Å². The second-order valence-corrected chi connectivity index (χ2v) is 5.74. The number of ether oxygens (including phenoxy) is 1. The van der Waals surface area contributed by atoms with E-state index in [-0.39, 0.29) is 18.2 Å². The zero-order valence-corrected chi connectivity index (χ0v) is 13.0. The third-order valence-electron chi connectivity index (χ3n) is 4.10. The highest BCUT2D eigenvalue weighted by Gasteiger charge is 2.37. The van der Waals surface area contributed by atoms with Crippen molar-refractivity contribution in [3.05, 3.63) is 23.5 Å². The minimum Gasteiger partial charge on any atom is -0.376 e. The van der Waals surface area contributed by atoms with Crippen molar-refractivity contribution in [2.75, 3.05) is 20.2 Å². The lowest BCUT2D eigenvalue weighted by atomic mass is 9.87. The lowest BCUT2D eigenvalue weighted by Crippen LogP contribution is -2.51. The van der Waals surface area contributed by atoms with Gasteiger partial charge in [-0.3, -0.25) is 9.59 Å². The lowest BCUT2D eigenvalue weighted by molar-refractivity contribution is -0.121. The number of hydrogen-bond acceptors (Lipinski definition) is 5. The standard InChI is InChI=1S/C15H22N4O3/c1-11-4-5-12(18-17-11)14(21)19-9-3-7-15(10-19,22-2)8-6-13(16)20/h4-5H,3,6-10H2,1-2H3,(H2,16,20). The molecule has 0 radical (unpaired) electrons. The van der Waals surface area contributed by atoms with Gasteiger partial charge in [-0.05, 0) is 38.3 Å². The van der Waals surface area contributed by atoms with Crippen LogP contribution in [0.25, 0.3) is 0 Å². The van der Waals surface area contributed by atoms with Gasteiger partial charge in [0.05, 0.1) is 17.8 Å². The predicted octanol–water partition coefficient (Wildman–Crippen LogP) is 0.672. The van der Waals surface area contributed by atoms with E-state index in [1.54, 1.807) is 24.1 Å². The summed E-state index contributed by atoms with van der Waals surface area (Å²) < 4.78 is 5.63. The Morgan fingerprint density at radius 3 is 2.77 bits per heavy atom. The molecule has 1 unspecified atom stereocenters. The third kappa shape index (κ3) is 3.79. The van der Waals surface area contributed by atoms with Gasteiger partial charge in [0.25, 0.3) is 5.91 Å². The minimum atomic E-state index is -0.513. The van der Waals surface area contributed by atoms with Crippen LogP contribution in [0.15, 0.2) is 12.1 Å². The molecule has 0 saturated carbocycles. The van der Waals surface area contributed by atoms with Crippen molar-refractivity contribution in [2.24, 2.45) is 5.73 Å². The summed E-state index contributed by atoms with van der Waals surface area (Å²) in [5.74, 6) is -0.517. The molecular formula is C15H22N4O3. The van der Waals surface area contributed by atoms with Gasteiger partial charge in [-0.15, -0.1) is 5.10 Å². The second kappa shape index (κ2) is 6.83. The number of primary amides is 1. The molecular weight excluding hydrogens is 284 g/mol. The van der Waals surface area contributed by atoms with E-state index in [1.165, 1.54) is 0 Å². The molecule has 120 valence electrons. The molecule has 1 aliphatic heterocycles. The van der Waals surface area contributed by atoms with Crippen molar-refractivity contribution in [1.29, 1.82) is 0 Å². The molecule has 1 fully saturated rings. The molecule has 1 saturated heterocycles. The number of nitrogens with zero attached hydrogens (tertiary/aromatic N) is 3. The first-order chi connectivity index (χ1) is 10.5. The molecule has 0 bridgehead atoms. The van der Waals surface area contributed by atoms with Gasteiger partial charge in [0, 0.05) is 20.1 Å². The highest BCUT2D eigenvalue weighted by atomic mass is 16.5. The Bertz CT molecular complexity index is 546. The number of amides is 2. The van der Waals surface area contributed by atoms with Crippen molar-refractivity contribution in [3.8, 4) is 0 Å². The zero-order valence-electron chi connectivity index (χ0n) is 13.0. The number of aromatic nitrogens is 2. The van der Waals surface area contributed by atoms with E-state index in [4.69, 9.17) is 10.5 Å². The van der Waals surface area contributed by atoms with Crippen LogP contribution in [0.2, 0.25) is 0 Å². The quantitative estimate of drug-likeness (QED) is 0.862. The SMILES string of the molecule is COC1(CCC(N)=O)CCCN(C(=O)c2ccc(C)nn2)C1. The smallest absolute Gasteiger partial charge is 0.274 e. The summed E-state index contributed by atoms with van der Waals surface area (Å²) in [4.78, 5) is 25.3. The van der Waals surface area contributed by atoms with Crippen LogP contribution in [-0.2, 0) is 9.53 Å². The number of rotatable bonds is 5. The van der Waals surface area contributed by atoms with Gasteiger partial charge in [0.15, 0.2) is 5.69 Å². The van der Waals surface area contributed by atoms with Crippen LogP contribution in [0.5, 0.6) is 0 Å². The molecule has 1 aromatic heterocycles. The van der Waals surface area contributed by atoms with Crippen LogP contribution in [-0.4, -0.2) is 52.7 Å². The monoisotopic (exact) mass is 306 g/mol. The Balaban J connectivity index is 2.09. The van der Waals surface area contributed by atoms with Gasteiger partial charge >= 0.3 is 0 Å². The number of piperidine rings is 1. The normalized spacial score (nSPS) is 21.6. The fourth-order valence-corrected chi connectivity index (χ4v) is 2.77. The molecule has 7 heteroatoms. The second-order valence-electron chi connectivity index (χ2n) is 5.74. The fraction of sp³-hybridized carbons (Fsp3) is 0.600. The number of methoxy groups -OCH3 is 1. The summed E-state index contributed by atoms with van der Waals surface area (Å²) in [7, 11) is 1.61. The van der Waals surface area contributed by atoms with Gasteiger partial charge in [-0.2, -0.15) is 5.10 Å². The number of nitrogens with two attached hydrogens (primary N) is 1. The van der Waals surface area contributed by atoms with Crippen molar-refractivity contribution in [1.82, 2.24) is 15.1 Å². The Hall–Kier alpha value is -2.02. The number of carbonyl (C=O) groups excluding carboxylic acids is 2. The highest BCUT2D eigenvalue weighted by Crippen LogP contribution is 2.29. The van der Waals surface area contributed by atoms with Crippen LogP contribution >= 0.6 is 0 Å². The maximum Gasteiger partial charge on any atom is 0.274 e. The molecule has 0 spiro atoms. The molecule has 2 heterocycles. The van der Waals surface area contributed by atoms with E-state index in [0.29, 0.717) is 25.2 Å². The molecule has 2 N–H and O–H groups in total. The Morgan fingerprint density at radius 2 is 2.18 bits per heavy atom. The van der Waals surface area contributed by atoms with Crippen molar-refractivity contribution < 1.29 is 14.3 Å². The molecule has 2 rings (SSSR count). The van der Waals surface area contributed by atoms with Crippen LogP contribution in [0, 0.1) is 6.92 Å². The molecule has 1 aliphatic rings. The van der Waals surface area contributed by atoms with E-state index in [9.17, 15) is 9.59 Å². The number of carbonyl (C=O) groups is 2. The summed E-state index contributed by atoms with van der Waals surface area (Å²) in [5, 5.41) is 7.87. The molecule has 0 aromatic carbocycles. The van der Waals surface area contributed by atoms with Gasteiger partial charge in [-0.25, -0.2) is 0 Å². The van der Waals surface area contributed by atoms with E-state index < -0.39 is 5.60 Å². The van der Waals surface area contributed by atoms with Crippen molar-refractivity contribution in [2.45, 2.75) is 38.2 Å².